The molecule has 0 N–H and O–H groups in total. The summed E-state index contributed by atoms with van der Waals surface area (Å²) in [5, 5.41) is 0.929. The standard InChI is InChI=1S/C6H11FN2/c1-8-5-2-6(8)4-9(7)3-5/h5-6H,2-4H2,1H3. The molecule has 2 bridgehead atoms. The molecule has 0 radical (unpaired) electrons. The SMILES string of the molecule is CN1C2CC1CN(F)C2. The maximum atomic E-state index is 12.4. The fraction of sp³-hybridized carbons (Fsp3) is 1.00. The predicted molar refractivity (Wildman–Crippen MR) is 32.6 cm³/mol. The van der Waals surface area contributed by atoms with Crippen molar-refractivity contribution in [3.05, 3.63) is 0 Å². The van der Waals surface area contributed by atoms with Crippen LogP contribution in [-0.4, -0.2) is 42.2 Å². The molecule has 0 aromatic rings. The van der Waals surface area contributed by atoms with Crippen molar-refractivity contribution < 1.29 is 4.48 Å². The second-order valence-electron chi connectivity index (χ2n) is 3.04. The summed E-state index contributed by atoms with van der Waals surface area (Å²) in [6.07, 6.45) is 1.21. The van der Waals surface area contributed by atoms with Gasteiger partial charge >= 0.3 is 0 Å². The van der Waals surface area contributed by atoms with Gasteiger partial charge in [0.25, 0.3) is 0 Å². The Morgan fingerprint density at radius 3 is 2.22 bits per heavy atom. The molecule has 3 fully saturated rings. The number of nitrogens with zero attached hydrogens (tertiary/aromatic N) is 2. The van der Waals surface area contributed by atoms with Crippen molar-refractivity contribution in [1.29, 1.82) is 0 Å². The first kappa shape index (κ1) is 5.62. The number of hydrogen-bond acceptors (Lipinski definition) is 2. The Balaban J connectivity index is 2.01. The number of piperidine rings is 1. The summed E-state index contributed by atoms with van der Waals surface area (Å²) in [5.74, 6) is 0. The van der Waals surface area contributed by atoms with Gasteiger partial charge in [0, 0.05) is 25.2 Å². The Morgan fingerprint density at radius 1 is 1.33 bits per heavy atom. The first-order valence-corrected chi connectivity index (χ1v) is 3.40. The number of piperazine rings is 1. The van der Waals surface area contributed by atoms with Gasteiger partial charge in [0.05, 0.1) is 0 Å². The van der Waals surface area contributed by atoms with Crippen molar-refractivity contribution in [1.82, 2.24) is 10.0 Å². The van der Waals surface area contributed by atoms with E-state index >= 15 is 0 Å². The third kappa shape index (κ3) is 0.682. The van der Waals surface area contributed by atoms with Crippen LogP contribution in [0.1, 0.15) is 6.42 Å². The number of rotatable bonds is 0. The maximum absolute atomic E-state index is 12.4. The van der Waals surface area contributed by atoms with Crippen molar-refractivity contribution in [2.75, 3.05) is 20.1 Å². The van der Waals surface area contributed by atoms with Crippen molar-refractivity contribution >= 4 is 0 Å². The van der Waals surface area contributed by atoms with Gasteiger partial charge in [-0.3, -0.25) is 4.90 Å². The molecular weight excluding hydrogens is 119 g/mol. The first-order valence-electron chi connectivity index (χ1n) is 3.40. The second kappa shape index (κ2) is 1.67. The quantitative estimate of drug-likeness (QED) is 0.434. The Morgan fingerprint density at radius 2 is 1.89 bits per heavy atom. The van der Waals surface area contributed by atoms with E-state index in [1.54, 1.807) is 0 Å². The Bertz CT molecular complexity index is 116. The van der Waals surface area contributed by atoms with E-state index < -0.39 is 0 Å². The van der Waals surface area contributed by atoms with Crippen LogP contribution in [0.3, 0.4) is 0 Å². The maximum Gasteiger partial charge on any atom is 0.0447 e. The van der Waals surface area contributed by atoms with Crippen molar-refractivity contribution in [2.24, 2.45) is 0 Å². The molecule has 3 aliphatic heterocycles. The molecule has 3 saturated heterocycles. The average Bonchev–Trinajstić information content (AvgIpc) is 1.87. The number of hydrogen-bond donors (Lipinski definition) is 0. The van der Waals surface area contributed by atoms with E-state index in [0.29, 0.717) is 25.2 Å². The monoisotopic (exact) mass is 130 g/mol. The predicted octanol–water partition coefficient (Wildman–Crippen LogP) is 0.259. The van der Waals surface area contributed by atoms with Gasteiger partial charge in [-0.1, -0.05) is 0 Å². The molecule has 0 aromatic heterocycles. The Labute approximate surface area is 54.2 Å². The van der Waals surface area contributed by atoms with Gasteiger partial charge in [-0.2, -0.15) is 0 Å². The number of likely N-dealkylation sites (N-methyl/N-ethyl adjacent to an activating group) is 1. The third-order valence-corrected chi connectivity index (χ3v) is 2.51. The highest BCUT2D eigenvalue weighted by molar-refractivity contribution is 4.96. The molecule has 0 spiro atoms. The first-order chi connectivity index (χ1) is 4.27. The van der Waals surface area contributed by atoms with Crippen LogP contribution in [0.15, 0.2) is 0 Å². The molecule has 3 rings (SSSR count). The minimum atomic E-state index is 0.508. The lowest BCUT2D eigenvalue weighted by molar-refractivity contribution is -0.127. The zero-order chi connectivity index (χ0) is 6.43. The highest BCUT2D eigenvalue weighted by atomic mass is 19.2. The lowest BCUT2D eigenvalue weighted by atomic mass is 9.90. The molecule has 9 heavy (non-hydrogen) atoms. The zero-order valence-electron chi connectivity index (χ0n) is 5.55. The van der Waals surface area contributed by atoms with Gasteiger partial charge < -0.3 is 0 Å². The molecule has 52 valence electrons. The van der Waals surface area contributed by atoms with Gasteiger partial charge in [-0.25, -0.2) is 0 Å². The molecule has 2 unspecified atom stereocenters. The normalized spacial score (nSPS) is 44.7. The summed E-state index contributed by atoms with van der Waals surface area (Å²) in [6, 6.07) is 1.02. The zero-order valence-corrected chi connectivity index (χ0v) is 5.55. The fourth-order valence-corrected chi connectivity index (χ4v) is 1.75. The largest absolute Gasteiger partial charge is 0.298 e. The van der Waals surface area contributed by atoms with Crippen molar-refractivity contribution in [3.63, 3.8) is 0 Å². The highest BCUT2D eigenvalue weighted by Crippen LogP contribution is 2.29. The molecular formula is C6H11FN2. The second-order valence-corrected chi connectivity index (χ2v) is 3.04. The minimum Gasteiger partial charge on any atom is -0.298 e. The molecule has 0 saturated carbocycles. The smallest absolute Gasteiger partial charge is 0.0447 e. The van der Waals surface area contributed by atoms with E-state index in [9.17, 15) is 4.48 Å². The lowest BCUT2D eigenvalue weighted by Gasteiger charge is -2.52. The summed E-state index contributed by atoms with van der Waals surface area (Å²) in [6.45, 7) is 1.24. The van der Waals surface area contributed by atoms with Gasteiger partial charge in [-0.15, -0.1) is 9.60 Å². The van der Waals surface area contributed by atoms with Gasteiger partial charge in [-0.05, 0) is 13.5 Å². The van der Waals surface area contributed by atoms with E-state index in [1.807, 2.05) is 0 Å². The average molecular weight is 130 g/mol. The summed E-state index contributed by atoms with van der Waals surface area (Å²) in [5.41, 5.74) is 0. The van der Waals surface area contributed by atoms with Crippen LogP contribution in [0.2, 0.25) is 0 Å². The summed E-state index contributed by atoms with van der Waals surface area (Å²) in [4.78, 5) is 2.26. The summed E-state index contributed by atoms with van der Waals surface area (Å²) >= 11 is 0. The van der Waals surface area contributed by atoms with Crippen LogP contribution in [0, 0.1) is 0 Å². The summed E-state index contributed by atoms with van der Waals surface area (Å²) in [7, 11) is 2.08. The lowest BCUT2D eigenvalue weighted by Crippen LogP contribution is -2.65. The van der Waals surface area contributed by atoms with Crippen LogP contribution in [-0.2, 0) is 0 Å². The van der Waals surface area contributed by atoms with Crippen molar-refractivity contribution in [3.8, 4) is 0 Å². The number of fused-ring (bicyclic) bond motifs is 2. The fourth-order valence-electron chi connectivity index (χ4n) is 1.75. The van der Waals surface area contributed by atoms with Gasteiger partial charge in [0.15, 0.2) is 0 Å². The molecule has 2 nitrogen and oxygen atoms in total. The molecule has 3 heteroatoms. The molecule has 0 aliphatic carbocycles. The Kier molecular flexibility index (Phi) is 1.04. The topological polar surface area (TPSA) is 6.48 Å². The van der Waals surface area contributed by atoms with E-state index in [1.165, 1.54) is 6.42 Å². The van der Waals surface area contributed by atoms with Crippen LogP contribution >= 0.6 is 0 Å². The third-order valence-electron chi connectivity index (χ3n) is 2.51. The molecule has 3 heterocycles. The summed E-state index contributed by atoms with van der Waals surface area (Å²) < 4.78 is 12.4. The van der Waals surface area contributed by atoms with Crippen LogP contribution < -0.4 is 0 Å². The van der Waals surface area contributed by atoms with E-state index in [-0.39, 0.29) is 0 Å². The molecule has 0 aromatic carbocycles. The Hall–Kier alpha value is -0.150. The molecule has 2 atom stereocenters. The van der Waals surface area contributed by atoms with Crippen LogP contribution in [0.4, 0.5) is 4.48 Å². The molecule has 3 aliphatic rings. The highest BCUT2D eigenvalue weighted by Gasteiger charge is 2.42. The van der Waals surface area contributed by atoms with Gasteiger partial charge in [0.2, 0.25) is 0 Å². The van der Waals surface area contributed by atoms with E-state index in [4.69, 9.17) is 0 Å². The van der Waals surface area contributed by atoms with Crippen molar-refractivity contribution in [2.45, 2.75) is 18.5 Å². The van der Waals surface area contributed by atoms with Gasteiger partial charge in [0.1, 0.15) is 0 Å². The molecule has 0 amide bonds. The number of halogens is 1. The van der Waals surface area contributed by atoms with E-state index in [0.717, 1.165) is 5.12 Å². The van der Waals surface area contributed by atoms with Crippen LogP contribution in [0.5, 0.6) is 0 Å². The minimum absolute atomic E-state index is 0.508. The van der Waals surface area contributed by atoms with E-state index in [2.05, 4.69) is 11.9 Å². The van der Waals surface area contributed by atoms with Crippen LogP contribution in [0.25, 0.3) is 0 Å².